The van der Waals surface area contributed by atoms with Gasteiger partial charge in [0.1, 0.15) is 10.1 Å². The van der Waals surface area contributed by atoms with Gasteiger partial charge in [0.25, 0.3) is 0 Å². The van der Waals surface area contributed by atoms with Gasteiger partial charge in [0, 0.05) is 19.5 Å². The van der Waals surface area contributed by atoms with Crippen LogP contribution < -0.4 is 29.6 Å². The third-order valence-electron chi connectivity index (χ3n) is 6.45. The van der Waals surface area contributed by atoms with Crippen LogP contribution in [0.4, 0.5) is 0 Å². The maximum atomic E-state index is 12.5. The average Bonchev–Trinajstić information content (AvgIpc) is 2.76. The summed E-state index contributed by atoms with van der Waals surface area (Å²) in [4.78, 5) is 14.5. The summed E-state index contributed by atoms with van der Waals surface area (Å²) in [5, 5.41) is 9.15. The molecule has 0 aromatic rings. The first kappa shape index (κ1) is 36.5. The van der Waals surface area contributed by atoms with Crippen LogP contribution in [0.15, 0.2) is 0 Å². The molecule has 0 rings (SSSR count). The van der Waals surface area contributed by atoms with Crippen molar-refractivity contribution in [2.24, 2.45) is 0 Å². The Morgan fingerprint density at radius 2 is 1.18 bits per heavy atom. The molecule has 0 aliphatic rings. The van der Waals surface area contributed by atoms with Crippen LogP contribution in [-0.4, -0.2) is 53.3 Å². The molecule has 0 aromatic heterocycles. The molecule has 0 spiro atoms. The van der Waals surface area contributed by atoms with Crippen molar-refractivity contribution >= 4 is 16.0 Å². The first-order valence-electron chi connectivity index (χ1n) is 13.7. The maximum Gasteiger partial charge on any atom is 1.00 e. The van der Waals surface area contributed by atoms with Crippen molar-refractivity contribution in [3.8, 4) is 0 Å². The first-order chi connectivity index (χ1) is 15.8. The molecule has 34 heavy (non-hydrogen) atoms. The second-order valence-electron chi connectivity index (χ2n) is 9.55. The topological polar surface area (TPSA) is 97.7 Å². The maximum absolute atomic E-state index is 12.5. The Kier molecular flexibility index (Phi) is 25.5. The fourth-order valence-corrected chi connectivity index (χ4v) is 5.19. The summed E-state index contributed by atoms with van der Waals surface area (Å²) in [5.41, 5.74) is 0. The number of carbonyl (C=O) groups excluding carboxylic acids is 1. The van der Waals surface area contributed by atoms with Gasteiger partial charge in [0.15, 0.2) is 0 Å². The number of rotatable bonds is 23. The Labute approximate surface area is 233 Å². The van der Waals surface area contributed by atoms with Crippen molar-refractivity contribution in [1.29, 1.82) is 0 Å². The van der Waals surface area contributed by atoms with Crippen molar-refractivity contribution in [2.45, 2.75) is 148 Å². The average molecular weight is 514 g/mol. The first-order valence-corrected chi connectivity index (χ1v) is 15.2. The van der Waals surface area contributed by atoms with Gasteiger partial charge in [-0.25, -0.2) is 8.42 Å². The molecule has 0 saturated carbocycles. The van der Waals surface area contributed by atoms with E-state index in [9.17, 15) is 22.9 Å². The number of aliphatic hydroxyl groups is 1. The zero-order valence-corrected chi connectivity index (χ0v) is 25.5. The Morgan fingerprint density at radius 1 is 0.735 bits per heavy atom. The normalized spacial score (nSPS) is 13.3. The Bertz CT molecular complexity index is 566. The fourth-order valence-electron chi connectivity index (χ4n) is 4.22. The van der Waals surface area contributed by atoms with E-state index in [4.69, 9.17) is 0 Å². The molecule has 0 heterocycles. The van der Waals surface area contributed by atoms with Gasteiger partial charge < -0.3 is 14.6 Å². The number of carbonyl (C=O) groups is 1. The quantitative estimate of drug-likeness (QED) is 0.129. The van der Waals surface area contributed by atoms with E-state index in [0.717, 1.165) is 90.1 Å². The van der Waals surface area contributed by atoms with E-state index in [0.29, 0.717) is 25.7 Å². The third kappa shape index (κ3) is 19.5. The minimum atomic E-state index is -4.49. The second-order valence-corrected chi connectivity index (χ2v) is 11.1. The van der Waals surface area contributed by atoms with Crippen LogP contribution in [0, 0.1) is 0 Å². The molecule has 0 radical (unpaired) electrons. The molecule has 8 heteroatoms. The third-order valence-corrected chi connectivity index (χ3v) is 7.74. The SMILES string of the molecule is CCCCCCCCC(C(O)CCCCCCCC(=O)N(CCCC)CCCC)S(=O)(=O)[O-].[Na+]. The van der Waals surface area contributed by atoms with E-state index in [1.54, 1.807) is 0 Å². The predicted octanol–water partition coefficient (Wildman–Crippen LogP) is 3.18. The molecule has 0 fully saturated rings. The fraction of sp³-hybridized carbons (Fsp3) is 0.962. The summed E-state index contributed by atoms with van der Waals surface area (Å²) in [7, 11) is -4.49. The van der Waals surface area contributed by atoms with Crippen LogP contribution in [0.25, 0.3) is 0 Å². The molecule has 2 atom stereocenters. The van der Waals surface area contributed by atoms with Crippen LogP contribution in [0.1, 0.15) is 136 Å². The van der Waals surface area contributed by atoms with Crippen molar-refractivity contribution in [1.82, 2.24) is 4.90 Å². The predicted molar refractivity (Wildman–Crippen MR) is 136 cm³/mol. The molecule has 0 aliphatic carbocycles. The van der Waals surface area contributed by atoms with Gasteiger partial charge in [-0.1, -0.05) is 97.8 Å². The number of amides is 1. The number of hydrogen-bond donors (Lipinski definition) is 1. The van der Waals surface area contributed by atoms with Gasteiger partial charge in [-0.2, -0.15) is 0 Å². The monoisotopic (exact) mass is 513 g/mol. The van der Waals surface area contributed by atoms with Crippen LogP contribution >= 0.6 is 0 Å². The largest absolute Gasteiger partial charge is 1.00 e. The molecule has 0 aromatic carbocycles. The van der Waals surface area contributed by atoms with Crippen LogP contribution in [-0.2, 0) is 14.9 Å². The van der Waals surface area contributed by atoms with Gasteiger partial charge in [0.05, 0.1) is 11.4 Å². The Hall–Kier alpha value is 0.340. The second kappa shape index (κ2) is 23.7. The summed E-state index contributed by atoms with van der Waals surface area (Å²) in [6.45, 7) is 8.14. The zero-order chi connectivity index (χ0) is 25.0. The summed E-state index contributed by atoms with van der Waals surface area (Å²) in [6.07, 6.45) is 14.9. The minimum absolute atomic E-state index is 0. The molecule has 0 aliphatic heterocycles. The van der Waals surface area contributed by atoms with Gasteiger partial charge in [-0.05, 0) is 32.1 Å². The van der Waals surface area contributed by atoms with E-state index in [1.165, 1.54) is 6.42 Å². The van der Waals surface area contributed by atoms with Gasteiger partial charge in [-0.3, -0.25) is 4.79 Å². The van der Waals surface area contributed by atoms with E-state index in [-0.39, 0.29) is 41.9 Å². The summed E-state index contributed by atoms with van der Waals surface area (Å²) in [5.74, 6) is 0.255. The van der Waals surface area contributed by atoms with E-state index >= 15 is 0 Å². The number of hydrogen-bond acceptors (Lipinski definition) is 5. The van der Waals surface area contributed by atoms with Gasteiger partial charge in [-0.15, -0.1) is 0 Å². The minimum Gasteiger partial charge on any atom is -0.748 e. The van der Waals surface area contributed by atoms with Crippen LogP contribution in [0.3, 0.4) is 0 Å². The number of nitrogens with zero attached hydrogens (tertiary/aromatic N) is 1. The molecular weight excluding hydrogens is 461 g/mol. The molecule has 1 amide bonds. The summed E-state index contributed by atoms with van der Waals surface area (Å²) in [6, 6.07) is 0. The molecular formula is C26H52NNaO5S. The smallest absolute Gasteiger partial charge is 0.748 e. The van der Waals surface area contributed by atoms with E-state index < -0.39 is 21.5 Å². The molecule has 0 saturated heterocycles. The Balaban J connectivity index is 0. The summed E-state index contributed by atoms with van der Waals surface area (Å²) >= 11 is 0. The zero-order valence-electron chi connectivity index (χ0n) is 22.7. The summed E-state index contributed by atoms with van der Waals surface area (Å²) < 4.78 is 34.8. The molecule has 0 bridgehead atoms. The number of aliphatic hydroxyl groups excluding tert-OH is 1. The van der Waals surface area contributed by atoms with Crippen LogP contribution in [0.5, 0.6) is 0 Å². The standard InChI is InChI=1S/C26H53NO5S.Na/c1-4-7-10-11-14-17-20-25(33(30,31)32)24(28)19-16-13-12-15-18-21-26(29)27(22-8-5-2)23-9-6-3;/h24-25,28H,4-23H2,1-3H3,(H,30,31,32);/q;+1/p-1. The van der Waals surface area contributed by atoms with Gasteiger partial charge in [0.2, 0.25) is 5.91 Å². The van der Waals surface area contributed by atoms with Crippen molar-refractivity contribution in [3.05, 3.63) is 0 Å². The molecule has 6 nitrogen and oxygen atoms in total. The van der Waals surface area contributed by atoms with Crippen LogP contribution in [0.2, 0.25) is 0 Å². The number of unbranched alkanes of at least 4 members (excludes halogenated alkanes) is 11. The van der Waals surface area contributed by atoms with E-state index in [2.05, 4.69) is 20.8 Å². The van der Waals surface area contributed by atoms with Gasteiger partial charge >= 0.3 is 29.6 Å². The van der Waals surface area contributed by atoms with Crippen molar-refractivity contribution in [3.63, 3.8) is 0 Å². The Morgan fingerprint density at radius 3 is 1.68 bits per heavy atom. The van der Waals surface area contributed by atoms with E-state index in [1.807, 2.05) is 4.90 Å². The van der Waals surface area contributed by atoms with Crippen molar-refractivity contribution < 1.29 is 52.4 Å². The molecule has 1 N–H and O–H groups in total. The molecule has 2 unspecified atom stereocenters. The van der Waals surface area contributed by atoms with Crippen molar-refractivity contribution in [2.75, 3.05) is 13.1 Å². The molecule has 198 valence electrons.